The number of hydrogen-bond donors (Lipinski definition) is 1. The van der Waals surface area contributed by atoms with Gasteiger partial charge in [-0.2, -0.15) is 0 Å². The van der Waals surface area contributed by atoms with Gasteiger partial charge in [0.1, 0.15) is 11.3 Å². The number of fused-ring (bicyclic) bond motifs is 1. The molecule has 0 aliphatic carbocycles. The number of anilines is 1. The lowest BCUT2D eigenvalue weighted by Gasteiger charge is -2.10. The summed E-state index contributed by atoms with van der Waals surface area (Å²) in [6, 6.07) is 16.5. The maximum atomic E-state index is 12.0. The standard InChI is InChI=1S/C18H15ClN2O2/c1-12-8-9-13-4-2-7-16(18(13)20-12)23-11-17(22)21-15-6-3-5-14(19)10-15/h2-10H,11H2,1H3,(H,21,22). The number of nitrogens with one attached hydrogen (secondary N) is 1. The average molecular weight is 327 g/mol. The van der Waals surface area contributed by atoms with Crippen LogP contribution in [0.1, 0.15) is 5.69 Å². The van der Waals surface area contributed by atoms with Crippen molar-refractivity contribution in [2.24, 2.45) is 0 Å². The monoisotopic (exact) mass is 326 g/mol. The first kappa shape index (κ1) is 15.3. The zero-order valence-electron chi connectivity index (χ0n) is 12.5. The third kappa shape index (κ3) is 3.79. The molecule has 4 nitrogen and oxygen atoms in total. The Hall–Kier alpha value is -2.59. The number of hydrogen-bond acceptors (Lipinski definition) is 3. The summed E-state index contributed by atoms with van der Waals surface area (Å²) in [5, 5.41) is 4.29. The van der Waals surface area contributed by atoms with Gasteiger partial charge in [0.15, 0.2) is 6.61 Å². The summed E-state index contributed by atoms with van der Waals surface area (Å²) >= 11 is 5.89. The second kappa shape index (κ2) is 6.67. The quantitative estimate of drug-likeness (QED) is 0.781. The molecule has 1 N–H and O–H groups in total. The van der Waals surface area contributed by atoms with Gasteiger partial charge >= 0.3 is 0 Å². The fraction of sp³-hybridized carbons (Fsp3) is 0.111. The van der Waals surface area contributed by atoms with Crippen LogP contribution < -0.4 is 10.1 Å². The van der Waals surface area contributed by atoms with Gasteiger partial charge in [0.05, 0.1) is 0 Å². The Balaban J connectivity index is 1.71. The summed E-state index contributed by atoms with van der Waals surface area (Å²) < 4.78 is 5.63. The van der Waals surface area contributed by atoms with E-state index in [4.69, 9.17) is 16.3 Å². The van der Waals surface area contributed by atoms with Gasteiger partial charge in [-0.25, -0.2) is 4.98 Å². The molecule has 0 atom stereocenters. The predicted octanol–water partition coefficient (Wildman–Crippen LogP) is 4.21. The summed E-state index contributed by atoms with van der Waals surface area (Å²) in [5.41, 5.74) is 2.29. The molecule has 0 saturated carbocycles. The molecule has 0 aliphatic rings. The fourth-order valence-corrected chi connectivity index (χ4v) is 2.43. The van der Waals surface area contributed by atoms with Crippen molar-refractivity contribution < 1.29 is 9.53 Å². The molecule has 116 valence electrons. The van der Waals surface area contributed by atoms with Crippen molar-refractivity contribution in [2.45, 2.75) is 6.92 Å². The minimum atomic E-state index is -0.253. The smallest absolute Gasteiger partial charge is 0.262 e. The molecular formula is C18H15ClN2O2. The molecule has 5 heteroatoms. The van der Waals surface area contributed by atoms with E-state index in [0.717, 1.165) is 16.6 Å². The van der Waals surface area contributed by atoms with Gasteiger partial charge in [-0.3, -0.25) is 4.79 Å². The number of carbonyl (C=O) groups excluding carboxylic acids is 1. The largest absolute Gasteiger partial charge is 0.481 e. The minimum absolute atomic E-state index is 0.0960. The maximum absolute atomic E-state index is 12.0. The highest BCUT2D eigenvalue weighted by Crippen LogP contribution is 2.24. The van der Waals surface area contributed by atoms with Crippen molar-refractivity contribution in [2.75, 3.05) is 11.9 Å². The zero-order chi connectivity index (χ0) is 16.2. The number of ether oxygens (including phenoxy) is 1. The van der Waals surface area contributed by atoms with Gasteiger partial charge in [-0.1, -0.05) is 35.9 Å². The van der Waals surface area contributed by atoms with Gasteiger partial charge in [0.2, 0.25) is 0 Å². The van der Waals surface area contributed by atoms with Crippen molar-refractivity contribution in [3.8, 4) is 5.75 Å². The van der Waals surface area contributed by atoms with Gasteiger partial charge in [-0.15, -0.1) is 0 Å². The topological polar surface area (TPSA) is 51.2 Å². The van der Waals surface area contributed by atoms with Crippen molar-refractivity contribution in [3.63, 3.8) is 0 Å². The van der Waals surface area contributed by atoms with E-state index in [2.05, 4.69) is 10.3 Å². The molecule has 1 amide bonds. The van der Waals surface area contributed by atoms with E-state index < -0.39 is 0 Å². The molecule has 0 saturated heterocycles. The Morgan fingerprint density at radius 1 is 1.17 bits per heavy atom. The number of para-hydroxylation sites is 1. The first-order chi connectivity index (χ1) is 11.1. The molecular weight excluding hydrogens is 312 g/mol. The second-order valence-electron chi connectivity index (χ2n) is 5.13. The van der Waals surface area contributed by atoms with Crippen LogP contribution in [0, 0.1) is 6.92 Å². The van der Waals surface area contributed by atoms with Crippen molar-refractivity contribution in [3.05, 3.63) is 65.3 Å². The summed E-state index contributed by atoms with van der Waals surface area (Å²) in [6.07, 6.45) is 0. The average Bonchev–Trinajstić information content (AvgIpc) is 2.53. The van der Waals surface area contributed by atoms with Gasteiger partial charge in [0.25, 0.3) is 5.91 Å². The number of amides is 1. The van der Waals surface area contributed by atoms with Crippen molar-refractivity contribution in [1.29, 1.82) is 0 Å². The number of rotatable bonds is 4. The van der Waals surface area contributed by atoms with Crippen molar-refractivity contribution in [1.82, 2.24) is 4.98 Å². The zero-order valence-corrected chi connectivity index (χ0v) is 13.3. The number of benzene rings is 2. The molecule has 1 aromatic heterocycles. The lowest BCUT2D eigenvalue weighted by molar-refractivity contribution is -0.118. The molecule has 23 heavy (non-hydrogen) atoms. The molecule has 0 unspecified atom stereocenters. The summed E-state index contributed by atoms with van der Waals surface area (Å²) in [5.74, 6) is 0.337. The van der Waals surface area contributed by atoms with E-state index >= 15 is 0 Å². The van der Waals surface area contributed by atoms with Crippen LogP contribution in [-0.4, -0.2) is 17.5 Å². The van der Waals surface area contributed by atoms with Crippen LogP contribution in [0.4, 0.5) is 5.69 Å². The Morgan fingerprint density at radius 2 is 2.00 bits per heavy atom. The van der Waals surface area contributed by atoms with E-state index in [-0.39, 0.29) is 12.5 Å². The highest BCUT2D eigenvalue weighted by molar-refractivity contribution is 6.30. The van der Waals surface area contributed by atoms with Crippen molar-refractivity contribution >= 4 is 34.1 Å². The van der Waals surface area contributed by atoms with Crippen LogP contribution in [-0.2, 0) is 4.79 Å². The number of aromatic nitrogens is 1. The maximum Gasteiger partial charge on any atom is 0.262 e. The Morgan fingerprint density at radius 3 is 2.83 bits per heavy atom. The first-order valence-electron chi connectivity index (χ1n) is 7.16. The third-order valence-electron chi connectivity index (χ3n) is 3.29. The molecule has 1 heterocycles. The Labute approximate surface area is 139 Å². The summed E-state index contributed by atoms with van der Waals surface area (Å²) in [7, 11) is 0. The number of aryl methyl sites for hydroxylation is 1. The van der Waals surface area contributed by atoms with Crippen LogP contribution in [0.5, 0.6) is 5.75 Å². The van der Waals surface area contributed by atoms with E-state index in [9.17, 15) is 4.79 Å². The second-order valence-corrected chi connectivity index (χ2v) is 5.56. The van der Waals surface area contributed by atoms with E-state index in [0.29, 0.717) is 16.5 Å². The highest BCUT2D eigenvalue weighted by atomic mass is 35.5. The molecule has 3 rings (SSSR count). The van der Waals surface area contributed by atoms with Gasteiger partial charge in [0, 0.05) is 21.8 Å². The third-order valence-corrected chi connectivity index (χ3v) is 3.52. The summed E-state index contributed by atoms with van der Waals surface area (Å²) in [4.78, 5) is 16.5. The normalized spacial score (nSPS) is 10.5. The van der Waals surface area contributed by atoms with E-state index in [1.165, 1.54) is 0 Å². The molecule has 0 radical (unpaired) electrons. The fourth-order valence-electron chi connectivity index (χ4n) is 2.24. The Bertz CT molecular complexity index is 865. The lowest BCUT2D eigenvalue weighted by atomic mass is 10.2. The minimum Gasteiger partial charge on any atom is -0.481 e. The molecule has 0 spiro atoms. The molecule has 0 bridgehead atoms. The number of nitrogens with zero attached hydrogens (tertiary/aromatic N) is 1. The highest BCUT2D eigenvalue weighted by Gasteiger charge is 2.08. The predicted molar refractivity (Wildman–Crippen MR) is 92.1 cm³/mol. The number of pyridine rings is 1. The summed E-state index contributed by atoms with van der Waals surface area (Å²) in [6.45, 7) is 1.82. The SMILES string of the molecule is Cc1ccc2cccc(OCC(=O)Nc3cccc(Cl)c3)c2n1. The van der Waals surface area contributed by atoms with E-state index in [1.807, 2.05) is 31.2 Å². The Kier molecular flexibility index (Phi) is 4.44. The van der Waals surface area contributed by atoms with Crippen LogP contribution in [0.25, 0.3) is 10.9 Å². The van der Waals surface area contributed by atoms with E-state index in [1.54, 1.807) is 30.3 Å². The van der Waals surface area contributed by atoms with Gasteiger partial charge in [-0.05, 0) is 37.3 Å². The first-order valence-corrected chi connectivity index (χ1v) is 7.54. The number of halogens is 1. The van der Waals surface area contributed by atoms with Gasteiger partial charge < -0.3 is 10.1 Å². The van der Waals surface area contributed by atoms with Crippen LogP contribution in [0.15, 0.2) is 54.6 Å². The molecule has 0 fully saturated rings. The van der Waals surface area contributed by atoms with Crippen LogP contribution >= 0.6 is 11.6 Å². The van der Waals surface area contributed by atoms with Crippen LogP contribution in [0.3, 0.4) is 0 Å². The molecule has 2 aromatic carbocycles. The lowest BCUT2D eigenvalue weighted by Crippen LogP contribution is -2.20. The van der Waals surface area contributed by atoms with Crippen LogP contribution in [0.2, 0.25) is 5.02 Å². The number of carbonyl (C=O) groups is 1. The molecule has 3 aromatic rings. The molecule has 0 aliphatic heterocycles.